The molecule has 0 aliphatic heterocycles. The third kappa shape index (κ3) is 3.76. The second kappa shape index (κ2) is 4.84. The first-order valence-corrected chi connectivity index (χ1v) is 6.41. The Labute approximate surface area is 95.0 Å². The van der Waals surface area contributed by atoms with Crippen molar-refractivity contribution < 1.29 is 0 Å². The Morgan fingerprint density at radius 1 is 1.40 bits per heavy atom. The molecule has 3 N–H and O–H groups in total. The Morgan fingerprint density at radius 2 is 2.00 bits per heavy atom. The van der Waals surface area contributed by atoms with E-state index in [9.17, 15) is 0 Å². The summed E-state index contributed by atoms with van der Waals surface area (Å²) in [5.41, 5.74) is 6.76. The van der Waals surface area contributed by atoms with Crippen LogP contribution in [0.2, 0.25) is 0 Å². The van der Waals surface area contributed by atoms with Crippen molar-refractivity contribution in [2.45, 2.75) is 58.9 Å². The maximum Gasteiger partial charge on any atom is 0.0252 e. The SMILES string of the molecule is CCCC(C)(N)CNCC1(C(C)C)CC1. The molecule has 2 heteroatoms. The van der Waals surface area contributed by atoms with E-state index < -0.39 is 0 Å². The van der Waals surface area contributed by atoms with Gasteiger partial charge in [0.05, 0.1) is 0 Å². The summed E-state index contributed by atoms with van der Waals surface area (Å²) in [6.45, 7) is 11.1. The van der Waals surface area contributed by atoms with Crippen molar-refractivity contribution in [3.8, 4) is 0 Å². The van der Waals surface area contributed by atoms with Crippen LogP contribution in [0.5, 0.6) is 0 Å². The van der Waals surface area contributed by atoms with Crippen molar-refractivity contribution in [2.75, 3.05) is 13.1 Å². The molecule has 0 aromatic rings. The van der Waals surface area contributed by atoms with Crippen molar-refractivity contribution in [1.82, 2.24) is 5.32 Å². The van der Waals surface area contributed by atoms with Crippen molar-refractivity contribution in [3.05, 3.63) is 0 Å². The van der Waals surface area contributed by atoms with Gasteiger partial charge in [0, 0.05) is 18.6 Å². The van der Waals surface area contributed by atoms with Crippen LogP contribution < -0.4 is 11.1 Å². The van der Waals surface area contributed by atoms with Gasteiger partial charge < -0.3 is 11.1 Å². The number of hydrogen-bond donors (Lipinski definition) is 2. The van der Waals surface area contributed by atoms with Crippen LogP contribution in [-0.4, -0.2) is 18.6 Å². The summed E-state index contributed by atoms with van der Waals surface area (Å²) in [7, 11) is 0. The molecule has 0 bridgehead atoms. The number of rotatable bonds is 7. The van der Waals surface area contributed by atoms with Gasteiger partial charge >= 0.3 is 0 Å². The summed E-state index contributed by atoms with van der Waals surface area (Å²) >= 11 is 0. The third-order valence-corrected chi connectivity index (χ3v) is 3.94. The Balaban J connectivity index is 2.21. The zero-order valence-electron chi connectivity index (χ0n) is 10.9. The highest BCUT2D eigenvalue weighted by atomic mass is 14.9. The fourth-order valence-corrected chi connectivity index (χ4v) is 2.38. The first kappa shape index (κ1) is 13.0. The molecule has 0 radical (unpaired) electrons. The molecule has 0 spiro atoms. The van der Waals surface area contributed by atoms with Gasteiger partial charge in [0.1, 0.15) is 0 Å². The van der Waals surface area contributed by atoms with Crippen molar-refractivity contribution in [3.63, 3.8) is 0 Å². The minimum Gasteiger partial charge on any atom is -0.324 e. The van der Waals surface area contributed by atoms with Crippen molar-refractivity contribution in [2.24, 2.45) is 17.1 Å². The fraction of sp³-hybridized carbons (Fsp3) is 1.00. The van der Waals surface area contributed by atoms with E-state index in [1.54, 1.807) is 0 Å². The van der Waals surface area contributed by atoms with Gasteiger partial charge in [-0.3, -0.25) is 0 Å². The lowest BCUT2D eigenvalue weighted by Crippen LogP contribution is -2.47. The minimum absolute atomic E-state index is 0.0260. The first-order valence-electron chi connectivity index (χ1n) is 6.41. The molecule has 1 aliphatic carbocycles. The molecule has 2 nitrogen and oxygen atoms in total. The Bertz CT molecular complexity index is 193. The maximum atomic E-state index is 6.19. The lowest BCUT2D eigenvalue weighted by Gasteiger charge is -2.27. The van der Waals surface area contributed by atoms with Gasteiger partial charge in [0.25, 0.3) is 0 Å². The first-order chi connectivity index (χ1) is 6.92. The Kier molecular flexibility index (Phi) is 4.19. The fourth-order valence-electron chi connectivity index (χ4n) is 2.38. The summed E-state index contributed by atoms with van der Waals surface area (Å²) < 4.78 is 0. The predicted octanol–water partition coefficient (Wildman–Crippen LogP) is 2.53. The van der Waals surface area contributed by atoms with Crippen LogP contribution >= 0.6 is 0 Å². The maximum absolute atomic E-state index is 6.19. The third-order valence-electron chi connectivity index (χ3n) is 3.94. The highest BCUT2D eigenvalue weighted by molar-refractivity contribution is 4.97. The number of nitrogens with two attached hydrogens (primary N) is 1. The minimum atomic E-state index is -0.0260. The standard InChI is InChI=1S/C13H28N2/c1-5-6-12(4,14)9-15-10-13(7-8-13)11(2)3/h11,15H,5-10,14H2,1-4H3. The number of hydrogen-bond acceptors (Lipinski definition) is 2. The van der Waals surface area contributed by atoms with Gasteiger partial charge in [-0.2, -0.15) is 0 Å². The second-order valence-corrected chi connectivity index (χ2v) is 6.02. The van der Waals surface area contributed by atoms with E-state index in [2.05, 4.69) is 33.0 Å². The molecule has 1 atom stereocenters. The zero-order valence-corrected chi connectivity index (χ0v) is 10.9. The normalized spacial score (nSPS) is 22.8. The molecular formula is C13H28N2. The average Bonchev–Trinajstić information content (AvgIpc) is 2.84. The molecule has 1 unspecified atom stereocenters. The van der Waals surface area contributed by atoms with Gasteiger partial charge in [0.2, 0.25) is 0 Å². The van der Waals surface area contributed by atoms with Gasteiger partial charge in [-0.25, -0.2) is 0 Å². The van der Waals surface area contributed by atoms with E-state index in [-0.39, 0.29) is 5.54 Å². The largest absolute Gasteiger partial charge is 0.324 e. The van der Waals surface area contributed by atoms with Crippen LogP contribution in [0.15, 0.2) is 0 Å². The topological polar surface area (TPSA) is 38.0 Å². The van der Waals surface area contributed by atoms with Crippen LogP contribution in [0.3, 0.4) is 0 Å². The van der Waals surface area contributed by atoms with E-state index in [0.717, 1.165) is 25.4 Å². The summed E-state index contributed by atoms with van der Waals surface area (Å²) in [5.74, 6) is 0.806. The Hall–Kier alpha value is -0.0800. The molecule has 0 heterocycles. The van der Waals surface area contributed by atoms with Crippen LogP contribution in [-0.2, 0) is 0 Å². The molecule has 90 valence electrons. The highest BCUT2D eigenvalue weighted by Crippen LogP contribution is 2.51. The predicted molar refractivity (Wildman–Crippen MR) is 66.9 cm³/mol. The summed E-state index contributed by atoms with van der Waals surface area (Å²) in [4.78, 5) is 0. The molecule has 0 aromatic heterocycles. The molecular weight excluding hydrogens is 184 g/mol. The van der Waals surface area contributed by atoms with E-state index in [0.29, 0.717) is 5.41 Å². The molecule has 1 saturated carbocycles. The molecule has 0 amide bonds. The van der Waals surface area contributed by atoms with Crippen LogP contribution in [0.4, 0.5) is 0 Å². The summed E-state index contributed by atoms with van der Waals surface area (Å²) in [5, 5.41) is 3.57. The molecule has 0 aromatic carbocycles. The Morgan fingerprint density at radius 3 is 2.40 bits per heavy atom. The molecule has 0 saturated heterocycles. The van der Waals surface area contributed by atoms with Crippen LogP contribution in [0.1, 0.15) is 53.4 Å². The van der Waals surface area contributed by atoms with E-state index in [4.69, 9.17) is 5.73 Å². The molecule has 15 heavy (non-hydrogen) atoms. The van der Waals surface area contributed by atoms with E-state index >= 15 is 0 Å². The quantitative estimate of drug-likeness (QED) is 0.680. The highest BCUT2D eigenvalue weighted by Gasteiger charge is 2.44. The average molecular weight is 212 g/mol. The molecule has 1 aliphatic rings. The number of nitrogens with one attached hydrogen (secondary N) is 1. The van der Waals surface area contributed by atoms with Gasteiger partial charge in [-0.05, 0) is 37.5 Å². The van der Waals surface area contributed by atoms with Crippen LogP contribution in [0.25, 0.3) is 0 Å². The molecule has 1 fully saturated rings. The summed E-state index contributed by atoms with van der Waals surface area (Å²) in [6.07, 6.45) is 5.07. The monoisotopic (exact) mass is 212 g/mol. The molecule has 1 rings (SSSR count). The van der Waals surface area contributed by atoms with Gasteiger partial charge in [-0.15, -0.1) is 0 Å². The van der Waals surface area contributed by atoms with E-state index in [1.165, 1.54) is 19.3 Å². The van der Waals surface area contributed by atoms with Gasteiger partial charge in [-0.1, -0.05) is 27.2 Å². The lowest BCUT2D eigenvalue weighted by molar-refractivity contribution is 0.312. The smallest absolute Gasteiger partial charge is 0.0252 e. The summed E-state index contributed by atoms with van der Waals surface area (Å²) in [6, 6.07) is 0. The zero-order chi connectivity index (χ0) is 11.5. The van der Waals surface area contributed by atoms with E-state index in [1.807, 2.05) is 0 Å². The lowest BCUT2D eigenvalue weighted by atomic mass is 9.91. The van der Waals surface area contributed by atoms with Crippen molar-refractivity contribution in [1.29, 1.82) is 0 Å². The van der Waals surface area contributed by atoms with Crippen molar-refractivity contribution >= 4 is 0 Å². The second-order valence-electron chi connectivity index (χ2n) is 6.02. The van der Waals surface area contributed by atoms with Gasteiger partial charge in [0.15, 0.2) is 0 Å². The van der Waals surface area contributed by atoms with Crippen LogP contribution in [0, 0.1) is 11.3 Å².